The van der Waals surface area contributed by atoms with Gasteiger partial charge in [-0.05, 0) is 48.7 Å². The molecule has 1 N–H and O–H groups in total. The Morgan fingerprint density at radius 2 is 1.78 bits per heavy atom. The highest BCUT2D eigenvalue weighted by Crippen LogP contribution is 2.45. The molecule has 0 bridgehead atoms. The van der Waals surface area contributed by atoms with Crippen molar-refractivity contribution in [2.75, 3.05) is 4.90 Å². The lowest BCUT2D eigenvalue weighted by Crippen LogP contribution is -2.39. The van der Waals surface area contributed by atoms with Crippen LogP contribution in [0, 0.1) is 0 Å². The molecule has 2 amide bonds. The molecule has 0 atom stereocenters. The summed E-state index contributed by atoms with van der Waals surface area (Å²) in [6.45, 7) is 0.162. The molecule has 2 aliphatic rings. The van der Waals surface area contributed by atoms with Crippen LogP contribution in [0.1, 0.15) is 47.5 Å². The van der Waals surface area contributed by atoms with Crippen molar-refractivity contribution in [3.05, 3.63) is 89.8 Å². The van der Waals surface area contributed by atoms with Crippen LogP contribution >= 0.6 is 11.8 Å². The van der Waals surface area contributed by atoms with E-state index in [-0.39, 0.29) is 24.4 Å². The Kier molecular flexibility index (Phi) is 6.49. The minimum absolute atomic E-state index is 0.0644. The highest BCUT2D eigenvalue weighted by Gasteiger charge is 2.34. The molecule has 37 heavy (non-hydrogen) atoms. The van der Waals surface area contributed by atoms with Crippen molar-refractivity contribution in [2.45, 2.75) is 54.5 Å². The summed E-state index contributed by atoms with van der Waals surface area (Å²) in [6.07, 6.45) is 4.61. The third kappa shape index (κ3) is 4.89. The molecular weight excluding hydrogens is 484 g/mol. The minimum atomic E-state index is -0.109. The van der Waals surface area contributed by atoms with Crippen molar-refractivity contribution in [1.82, 2.24) is 15.5 Å². The number of carbonyl (C=O) groups excluding carboxylic acids is 2. The lowest BCUT2D eigenvalue weighted by Gasteiger charge is -2.29. The van der Waals surface area contributed by atoms with Gasteiger partial charge in [-0.25, -0.2) is 0 Å². The largest absolute Gasteiger partial charge is 0.347 e. The topological polar surface area (TPSA) is 88.3 Å². The molecule has 6 rings (SSSR count). The lowest BCUT2D eigenvalue weighted by atomic mass is 10.1. The van der Waals surface area contributed by atoms with Gasteiger partial charge in [0.25, 0.3) is 5.91 Å². The first-order valence-corrected chi connectivity index (χ1v) is 13.4. The average Bonchev–Trinajstić information content (AvgIpc) is 3.60. The molecule has 1 aromatic heterocycles. The third-order valence-corrected chi connectivity index (χ3v) is 7.96. The Labute approximate surface area is 219 Å². The van der Waals surface area contributed by atoms with E-state index in [0.717, 1.165) is 57.9 Å². The van der Waals surface area contributed by atoms with Crippen molar-refractivity contribution >= 4 is 29.3 Å². The predicted molar refractivity (Wildman–Crippen MR) is 141 cm³/mol. The molecule has 0 spiro atoms. The number of anilines is 1. The maximum Gasteiger partial charge on any atom is 0.259 e. The number of fused-ring (bicyclic) bond motifs is 2. The molecule has 4 aromatic rings. The molecular formula is C29H26N4O3S. The summed E-state index contributed by atoms with van der Waals surface area (Å²) in [6, 6.07) is 23.5. The molecule has 1 aliphatic carbocycles. The van der Waals surface area contributed by atoms with Gasteiger partial charge in [-0.2, -0.15) is 4.98 Å². The van der Waals surface area contributed by atoms with E-state index in [2.05, 4.69) is 15.5 Å². The van der Waals surface area contributed by atoms with Crippen LogP contribution in [0.4, 0.5) is 5.69 Å². The van der Waals surface area contributed by atoms with Crippen LogP contribution in [-0.4, -0.2) is 28.0 Å². The smallest absolute Gasteiger partial charge is 0.259 e. The molecule has 186 valence electrons. The number of carbonyl (C=O) groups is 2. The van der Waals surface area contributed by atoms with Gasteiger partial charge in [-0.1, -0.05) is 72.2 Å². The summed E-state index contributed by atoms with van der Waals surface area (Å²) in [4.78, 5) is 34.3. The van der Waals surface area contributed by atoms with Crippen molar-refractivity contribution in [1.29, 1.82) is 0 Å². The highest BCUT2D eigenvalue weighted by atomic mass is 32.2. The second kappa shape index (κ2) is 10.2. The van der Waals surface area contributed by atoms with Gasteiger partial charge in [-0.15, -0.1) is 0 Å². The van der Waals surface area contributed by atoms with E-state index in [1.165, 1.54) is 0 Å². The number of hydrogen-bond acceptors (Lipinski definition) is 6. The molecule has 1 saturated carbocycles. The van der Waals surface area contributed by atoms with Gasteiger partial charge < -0.3 is 14.7 Å². The van der Waals surface area contributed by atoms with Crippen LogP contribution in [0.5, 0.6) is 0 Å². The predicted octanol–water partition coefficient (Wildman–Crippen LogP) is 5.65. The molecule has 1 aliphatic heterocycles. The van der Waals surface area contributed by atoms with E-state index >= 15 is 0 Å². The van der Waals surface area contributed by atoms with Gasteiger partial charge >= 0.3 is 0 Å². The molecule has 8 heteroatoms. The van der Waals surface area contributed by atoms with Crippen molar-refractivity contribution in [3.63, 3.8) is 0 Å². The zero-order valence-electron chi connectivity index (χ0n) is 20.2. The second-order valence-corrected chi connectivity index (χ2v) is 10.4. The summed E-state index contributed by atoms with van der Waals surface area (Å²) >= 11 is 1.59. The summed E-state index contributed by atoms with van der Waals surface area (Å²) in [5.74, 6) is 0.747. The number of nitrogens with zero attached hydrogens (tertiary/aromatic N) is 3. The second-order valence-electron chi connectivity index (χ2n) is 9.34. The van der Waals surface area contributed by atoms with Gasteiger partial charge in [0.1, 0.15) is 0 Å². The molecule has 7 nitrogen and oxygen atoms in total. The van der Waals surface area contributed by atoms with Gasteiger partial charge in [-0.3, -0.25) is 9.59 Å². The Morgan fingerprint density at radius 1 is 1.00 bits per heavy atom. The first kappa shape index (κ1) is 23.5. The van der Waals surface area contributed by atoms with Gasteiger partial charge in [0, 0.05) is 21.4 Å². The number of benzene rings is 3. The van der Waals surface area contributed by atoms with Crippen LogP contribution in [-0.2, 0) is 17.8 Å². The van der Waals surface area contributed by atoms with E-state index in [1.807, 2.05) is 77.7 Å². The van der Waals surface area contributed by atoms with E-state index in [1.54, 1.807) is 11.8 Å². The lowest BCUT2D eigenvalue weighted by molar-refractivity contribution is -0.120. The van der Waals surface area contributed by atoms with Crippen molar-refractivity contribution in [3.8, 4) is 11.4 Å². The fourth-order valence-electron chi connectivity index (χ4n) is 5.01. The first-order chi connectivity index (χ1) is 18.2. The van der Waals surface area contributed by atoms with Crippen LogP contribution in [0.3, 0.4) is 0 Å². The Bertz CT molecular complexity index is 1450. The molecule has 0 radical (unpaired) electrons. The fraction of sp³-hybridized carbons (Fsp3) is 0.241. The maximum absolute atomic E-state index is 13.6. The highest BCUT2D eigenvalue weighted by molar-refractivity contribution is 7.99. The summed E-state index contributed by atoms with van der Waals surface area (Å²) < 4.78 is 5.42. The Hall–Kier alpha value is -3.91. The first-order valence-electron chi connectivity index (χ1n) is 12.5. The SMILES string of the molecule is O=C(Cc1ccccc1)NCc1nc(-c2ccc3c(c2)Sc2ccccc2C(=O)N3C2CCCC2)no1. The quantitative estimate of drug-likeness (QED) is 0.361. The van der Waals surface area contributed by atoms with Crippen molar-refractivity contribution in [2.24, 2.45) is 0 Å². The standard InChI is InChI=1S/C29H26N4O3S/c34-26(16-19-8-2-1-3-9-19)30-18-27-31-28(32-36-27)20-14-15-23-25(17-20)37-24-13-7-6-12-22(24)29(35)33(23)21-10-4-5-11-21/h1-3,6-9,12-15,17,21H,4-5,10-11,16,18H2,(H,30,34). The Morgan fingerprint density at radius 3 is 2.62 bits per heavy atom. The summed E-state index contributed by atoms with van der Waals surface area (Å²) in [5.41, 5.74) is 3.42. The number of rotatable bonds is 6. The van der Waals surface area contributed by atoms with Crippen molar-refractivity contribution < 1.29 is 14.1 Å². The number of aromatic nitrogens is 2. The summed E-state index contributed by atoms with van der Waals surface area (Å²) in [7, 11) is 0. The maximum atomic E-state index is 13.6. The zero-order valence-corrected chi connectivity index (χ0v) is 21.0. The van der Waals surface area contributed by atoms with Crippen LogP contribution in [0.2, 0.25) is 0 Å². The normalized spacial score (nSPS) is 15.2. The fourth-order valence-corrected chi connectivity index (χ4v) is 6.12. The van der Waals surface area contributed by atoms with E-state index in [4.69, 9.17) is 4.52 Å². The molecule has 2 heterocycles. The number of nitrogens with one attached hydrogen (secondary N) is 1. The monoisotopic (exact) mass is 510 g/mol. The van der Waals surface area contributed by atoms with Crippen LogP contribution < -0.4 is 10.2 Å². The summed E-state index contributed by atoms with van der Waals surface area (Å²) in [5, 5.41) is 6.99. The molecule has 0 unspecified atom stereocenters. The van der Waals surface area contributed by atoms with E-state index < -0.39 is 0 Å². The minimum Gasteiger partial charge on any atom is -0.347 e. The van der Waals surface area contributed by atoms with Gasteiger partial charge in [0.05, 0.1) is 24.2 Å². The van der Waals surface area contributed by atoms with E-state index in [9.17, 15) is 9.59 Å². The van der Waals surface area contributed by atoms with Crippen LogP contribution in [0.25, 0.3) is 11.4 Å². The van der Waals surface area contributed by atoms with E-state index in [0.29, 0.717) is 18.1 Å². The average molecular weight is 511 g/mol. The van der Waals surface area contributed by atoms with Crippen LogP contribution in [0.15, 0.2) is 87.1 Å². The Balaban J connectivity index is 1.24. The number of hydrogen-bond donors (Lipinski definition) is 1. The number of amides is 2. The molecule has 0 saturated heterocycles. The molecule has 3 aromatic carbocycles. The molecule has 1 fully saturated rings. The van der Waals surface area contributed by atoms with Gasteiger partial charge in [0.2, 0.25) is 17.6 Å². The van der Waals surface area contributed by atoms with Gasteiger partial charge in [0.15, 0.2) is 0 Å². The zero-order chi connectivity index (χ0) is 25.2. The third-order valence-electron chi connectivity index (χ3n) is 6.84.